The number of hydrogen-bond donors (Lipinski definition) is 0. The number of nitro benzene ring substituents is 1. The van der Waals surface area contributed by atoms with Crippen LogP contribution in [0.25, 0.3) is 6.08 Å². The summed E-state index contributed by atoms with van der Waals surface area (Å²) in [4.78, 5) is 36.3. The number of amides is 2. The molecule has 0 aliphatic carbocycles. The first-order valence-electron chi connectivity index (χ1n) is 7.29. The predicted molar refractivity (Wildman–Crippen MR) is 101 cm³/mol. The molecule has 0 atom stereocenters. The lowest BCUT2D eigenvalue weighted by molar-refractivity contribution is -0.384. The summed E-state index contributed by atoms with van der Waals surface area (Å²) in [6.07, 6.45) is 1.51. The third-order valence-electron chi connectivity index (χ3n) is 3.60. The molecule has 0 unspecified atom stereocenters. The van der Waals surface area contributed by atoms with Crippen molar-refractivity contribution in [3.8, 4) is 0 Å². The van der Waals surface area contributed by atoms with Crippen molar-refractivity contribution in [2.24, 2.45) is 0 Å². The zero-order valence-electron chi connectivity index (χ0n) is 13.0. The molecule has 9 heteroatoms. The summed E-state index contributed by atoms with van der Waals surface area (Å²) in [7, 11) is 0. The Hall–Kier alpha value is -2.35. The Morgan fingerprint density at radius 1 is 1.15 bits per heavy atom. The molecule has 1 fully saturated rings. The first-order chi connectivity index (χ1) is 12.4. The molecule has 0 radical (unpaired) electrons. The maximum absolute atomic E-state index is 12.5. The molecule has 1 heterocycles. The number of benzene rings is 2. The molecule has 1 aliphatic heterocycles. The Labute approximate surface area is 162 Å². The van der Waals surface area contributed by atoms with Crippen molar-refractivity contribution in [1.82, 2.24) is 4.90 Å². The van der Waals surface area contributed by atoms with E-state index < -0.39 is 16.1 Å². The molecular weight excluding hydrogens is 399 g/mol. The van der Waals surface area contributed by atoms with Crippen molar-refractivity contribution in [1.29, 1.82) is 0 Å². The SMILES string of the molecule is O=C1S/C(=C\c2cccc(Cl)c2Cl)C(=O)N1Cc1cccc([N+](=O)[O-])c1. The van der Waals surface area contributed by atoms with Gasteiger partial charge in [-0.25, -0.2) is 0 Å². The topological polar surface area (TPSA) is 80.5 Å². The van der Waals surface area contributed by atoms with Crippen LogP contribution in [0.2, 0.25) is 10.0 Å². The quantitative estimate of drug-likeness (QED) is 0.397. The lowest BCUT2D eigenvalue weighted by Crippen LogP contribution is -2.27. The number of carbonyl (C=O) groups is 2. The Morgan fingerprint density at radius 3 is 2.62 bits per heavy atom. The summed E-state index contributed by atoms with van der Waals surface area (Å²) in [5, 5.41) is 11.0. The normalized spacial score (nSPS) is 15.8. The van der Waals surface area contributed by atoms with Gasteiger partial charge < -0.3 is 0 Å². The predicted octanol–water partition coefficient (Wildman–Crippen LogP) is 5.14. The minimum Gasteiger partial charge on any atom is -0.268 e. The minimum atomic E-state index is -0.529. The highest BCUT2D eigenvalue weighted by Crippen LogP contribution is 2.35. The standard InChI is InChI=1S/C17H10Cl2N2O4S/c18-13-6-2-4-11(15(13)19)8-14-16(22)20(17(23)26-14)9-10-3-1-5-12(7-10)21(24)25/h1-8H,9H2/b14-8-. The smallest absolute Gasteiger partial charge is 0.268 e. The summed E-state index contributed by atoms with van der Waals surface area (Å²) in [5.41, 5.74) is 0.916. The molecule has 2 aromatic rings. The van der Waals surface area contributed by atoms with Gasteiger partial charge in [0.25, 0.3) is 16.8 Å². The largest absolute Gasteiger partial charge is 0.293 e. The second-order valence-electron chi connectivity index (χ2n) is 5.34. The van der Waals surface area contributed by atoms with Gasteiger partial charge in [0.15, 0.2) is 0 Å². The van der Waals surface area contributed by atoms with Crippen molar-refractivity contribution in [2.45, 2.75) is 6.54 Å². The van der Waals surface area contributed by atoms with Gasteiger partial charge in [-0.05, 0) is 35.0 Å². The highest BCUT2D eigenvalue weighted by Gasteiger charge is 2.35. The van der Waals surface area contributed by atoms with Gasteiger partial charge in [-0.1, -0.05) is 47.5 Å². The number of nitrogens with zero attached hydrogens (tertiary/aromatic N) is 2. The molecule has 3 rings (SSSR count). The fourth-order valence-corrected chi connectivity index (χ4v) is 3.55. The molecule has 0 aromatic heterocycles. The van der Waals surface area contributed by atoms with Gasteiger partial charge >= 0.3 is 0 Å². The summed E-state index contributed by atoms with van der Waals surface area (Å²) in [5.74, 6) is -0.484. The van der Waals surface area contributed by atoms with Gasteiger partial charge in [0.2, 0.25) is 0 Å². The van der Waals surface area contributed by atoms with Crippen LogP contribution in [0.4, 0.5) is 10.5 Å². The van der Waals surface area contributed by atoms with Gasteiger partial charge in [-0.2, -0.15) is 0 Å². The monoisotopic (exact) mass is 408 g/mol. The van der Waals surface area contributed by atoms with Crippen molar-refractivity contribution in [2.75, 3.05) is 0 Å². The van der Waals surface area contributed by atoms with E-state index in [1.807, 2.05) is 0 Å². The van der Waals surface area contributed by atoms with Crippen LogP contribution >= 0.6 is 35.0 Å². The number of imide groups is 1. The fourth-order valence-electron chi connectivity index (χ4n) is 2.36. The lowest BCUT2D eigenvalue weighted by atomic mass is 10.2. The van der Waals surface area contributed by atoms with E-state index in [-0.39, 0.29) is 17.1 Å². The summed E-state index contributed by atoms with van der Waals surface area (Å²) < 4.78 is 0. The number of halogens is 2. The highest BCUT2D eigenvalue weighted by molar-refractivity contribution is 8.18. The average Bonchev–Trinajstić information content (AvgIpc) is 2.87. The first-order valence-corrected chi connectivity index (χ1v) is 8.87. The molecule has 0 saturated carbocycles. The van der Waals surface area contributed by atoms with Gasteiger partial charge in [-0.3, -0.25) is 24.6 Å². The van der Waals surface area contributed by atoms with Gasteiger partial charge in [0.1, 0.15) is 0 Å². The van der Waals surface area contributed by atoms with E-state index in [2.05, 4.69) is 0 Å². The van der Waals surface area contributed by atoms with Crippen LogP contribution in [-0.4, -0.2) is 21.0 Å². The van der Waals surface area contributed by atoms with Gasteiger partial charge in [-0.15, -0.1) is 0 Å². The van der Waals surface area contributed by atoms with Crippen LogP contribution in [0.5, 0.6) is 0 Å². The third-order valence-corrected chi connectivity index (χ3v) is 5.34. The van der Waals surface area contributed by atoms with Crippen molar-refractivity contribution >= 4 is 57.9 Å². The number of non-ortho nitro benzene ring substituents is 1. The molecule has 2 amide bonds. The van der Waals surface area contributed by atoms with Crippen LogP contribution < -0.4 is 0 Å². The number of nitro groups is 1. The number of rotatable bonds is 4. The first kappa shape index (κ1) is 18.4. The van der Waals surface area contributed by atoms with E-state index in [4.69, 9.17) is 23.2 Å². The zero-order valence-corrected chi connectivity index (χ0v) is 15.3. The third kappa shape index (κ3) is 3.75. The van der Waals surface area contributed by atoms with Crippen molar-refractivity contribution in [3.63, 3.8) is 0 Å². The van der Waals surface area contributed by atoms with E-state index in [0.29, 0.717) is 21.2 Å². The molecule has 2 aromatic carbocycles. The van der Waals surface area contributed by atoms with Crippen LogP contribution in [-0.2, 0) is 11.3 Å². The van der Waals surface area contributed by atoms with E-state index in [0.717, 1.165) is 16.7 Å². The molecule has 1 aliphatic rings. The summed E-state index contributed by atoms with van der Waals surface area (Å²) in [6, 6.07) is 10.8. The minimum absolute atomic E-state index is 0.0486. The summed E-state index contributed by atoms with van der Waals surface area (Å²) >= 11 is 12.8. The zero-order chi connectivity index (χ0) is 18.8. The Bertz CT molecular complexity index is 962. The van der Waals surface area contributed by atoms with E-state index >= 15 is 0 Å². The van der Waals surface area contributed by atoms with E-state index in [1.165, 1.54) is 24.3 Å². The van der Waals surface area contributed by atoms with Crippen LogP contribution in [0, 0.1) is 10.1 Å². The fraction of sp³-hybridized carbons (Fsp3) is 0.0588. The van der Waals surface area contributed by atoms with Crippen LogP contribution in [0.3, 0.4) is 0 Å². The number of hydrogen-bond acceptors (Lipinski definition) is 5. The number of carbonyl (C=O) groups excluding carboxylic acids is 2. The number of thioether (sulfide) groups is 1. The van der Waals surface area contributed by atoms with Crippen molar-refractivity contribution < 1.29 is 14.5 Å². The maximum Gasteiger partial charge on any atom is 0.293 e. The lowest BCUT2D eigenvalue weighted by Gasteiger charge is -2.12. The Balaban J connectivity index is 1.85. The second kappa shape index (κ2) is 7.49. The maximum atomic E-state index is 12.5. The molecule has 1 saturated heterocycles. The Morgan fingerprint density at radius 2 is 1.88 bits per heavy atom. The van der Waals surface area contributed by atoms with E-state index in [9.17, 15) is 19.7 Å². The average molecular weight is 409 g/mol. The molecule has 132 valence electrons. The molecule has 6 nitrogen and oxygen atoms in total. The highest BCUT2D eigenvalue weighted by atomic mass is 35.5. The van der Waals surface area contributed by atoms with Gasteiger partial charge in [0.05, 0.1) is 26.4 Å². The molecule has 26 heavy (non-hydrogen) atoms. The molecular formula is C17H10Cl2N2O4S. The van der Waals surface area contributed by atoms with Crippen LogP contribution in [0.1, 0.15) is 11.1 Å². The molecule has 0 spiro atoms. The molecule has 0 bridgehead atoms. The summed E-state index contributed by atoms with van der Waals surface area (Å²) in [6.45, 7) is -0.0486. The molecule has 0 N–H and O–H groups in total. The van der Waals surface area contributed by atoms with E-state index in [1.54, 1.807) is 24.3 Å². The van der Waals surface area contributed by atoms with Gasteiger partial charge in [0, 0.05) is 12.1 Å². The Kier molecular flexibility index (Phi) is 5.31. The van der Waals surface area contributed by atoms with Crippen LogP contribution in [0.15, 0.2) is 47.4 Å². The second-order valence-corrected chi connectivity index (χ2v) is 7.12. The van der Waals surface area contributed by atoms with Crippen molar-refractivity contribution in [3.05, 3.63) is 78.7 Å².